The Balaban J connectivity index is 2.12. The van der Waals surface area contributed by atoms with E-state index in [0.717, 1.165) is 45.1 Å². The molecule has 2 rings (SSSR count). The topological polar surface area (TPSA) is 20.3 Å². The minimum Gasteiger partial charge on any atom is -0.339 e. The van der Waals surface area contributed by atoms with Gasteiger partial charge in [0.05, 0.1) is 0 Å². The van der Waals surface area contributed by atoms with E-state index in [1.165, 1.54) is 16.7 Å². The van der Waals surface area contributed by atoms with Gasteiger partial charge in [0.25, 0.3) is 0 Å². The molecule has 2 heteroatoms. The lowest BCUT2D eigenvalue weighted by Crippen LogP contribution is -2.44. The van der Waals surface area contributed by atoms with Crippen LogP contribution in [0.5, 0.6) is 0 Å². The highest BCUT2D eigenvalue weighted by Crippen LogP contribution is 2.27. The van der Waals surface area contributed by atoms with Gasteiger partial charge in [-0.05, 0) is 55.7 Å². The van der Waals surface area contributed by atoms with Crippen molar-refractivity contribution in [2.45, 2.75) is 71.8 Å². The number of carbonyl (C=O) groups is 1. The van der Waals surface area contributed by atoms with Crippen molar-refractivity contribution < 1.29 is 4.79 Å². The smallest absolute Gasteiger partial charge is 0.222 e. The zero-order valence-electron chi connectivity index (χ0n) is 13.8. The predicted octanol–water partition coefficient (Wildman–Crippen LogP) is 4.28. The summed E-state index contributed by atoms with van der Waals surface area (Å²) in [5, 5.41) is 0. The fourth-order valence-electron chi connectivity index (χ4n) is 3.44. The minimum absolute atomic E-state index is 0.362. The van der Waals surface area contributed by atoms with Crippen LogP contribution in [-0.4, -0.2) is 23.4 Å². The monoisotopic (exact) mass is 287 g/mol. The van der Waals surface area contributed by atoms with Gasteiger partial charge in [-0.25, -0.2) is 0 Å². The molecule has 0 radical (unpaired) electrons. The lowest BCUT2D eigenvalue weighted by molar-refractivity contribution is -0.134. The van der Waals surface area contributed by atoms with Gasteiger partial charge in [0, 0.05) is 19.0 Å². The molecule has 1 unspecified atom stereocenters. The van der Waals surface area contributed by atoms with Crippen LogP contribution in [-0.2, 0) is 17.6 Å². The molecule has 0 bridgehead atoms. The highest BCUT2D eigenvalue weighted by Gasteiger charge is 2.27. The van der Waals surface area contributed by atoms with E-state index in [1.807, 2.05) is 0 Å². The summed E-state index contributed by atoms with van der Waals surface area (Å²) in [6.45, 7) is 7.43. The van der Waals surface area contributed by atoms with Gasteiger partial charge >= 0.3 is 0 Å². The first-order valence-electron chi connectivity index (χ1n) is 8.54. The van der Waals surface area contributed by atoms with Crippen LogP contribution in [0.4, 0.5) is 0 Å². The summed E-state index contributed by atoms with van der Waals surface area (Å²) < 4.78 is 0. The van der Waals surface area contributed by atoms with Crippen LogP contribution in [0.1, 0.15) is 62.6 Å². The Bertz CT molecular complexity index is 480. The van der Waals surface area contributed by atoms with E-state index in [1.54, 1.807) is 0 Å². The molecule has 0 saturated heterocycles. The summed E-state index contributed by atoms with van der Waals surface area (Å²) >= 11 is 0. The van der Waals surface area contributed by atoms with E-state index in [4.69, 9.17) is 0 Å². The number of hydrogen-bond acceptors (Lipinski definition) is 1. The van der Waals surface area contributed by atoms with Gasteiger partial charge in [0.2, 0.25) is 5.91 Å². The lowest BCUT2D eigenvalue weighted by atomic mass is 9.85. The maximum absolute atomic E-state index is 12.5. The Kier molecular flexibility index (Phi) is 5.84. The number of nitrogens with zero attached hydrogens (tertiary/aromatic N) is 1. The van der Waals surface area contributed by atoms with Crippen LogP contribution in [0.15, 0.2) is 18.2 Å². The largest absolute Gasteiger partial charge is 0.339 e. The van der Waals surface area contributed by atoms with Gasteiger partial charge < -0.3 is 4.90 Å². The first-order valence-corrected chi connectivity index (χ1v) is 8.54. The van der Waals surface area contributed by atoms with Crippen LogP contribution in [0.2, 0.25) is 0 Å². The molecule has 0 heterocycles. The standard InChI is InChI=1S/C19H29NO/c1-4-6-10-19(21)20(13-5-2)17-12-11-16-9-7-8-15(3)18(16)14-17/h7-9,17H,4-6,10-14H2,1-3H3. The lowest BCUT2D eigenvalue weighted by Gasteiger charge is -2.36. The molecule has 1 aromatic rings. The number of rotatable bonds is 6. The highest BCUT2D eigenvalue weighted by atomic mass is 16.2. The van der Waals surface area contributed by atoms with Gasteiger partial charge in [0.1, 0.15) is 0 Å². The molecule has 21 heavy (non-hydrogen) atoms. The third kappa shape index (κ3) is 3.87. The average Bonchev–Trinajstić information content (AvgIpc) is 2.50. The number of hydrogen-bond donors (Lipinski definition) is 0. The van der Waals surface area contributed by atoms with Crippen LogP contribution in [0, 0.1) is 6.92 Å². The normalized spacial score (nSPS) is 17.4. The van der Waals surface area contributed by atoms with E-state index in [9.17, 15) is 4.79 Å². The summed E-state index contributed by atoms with van der Waals surface area (Å²) in [5.41, 5.74) is 4.36. The highest BCUT2D eigenvalue weighted by molar-refractivity contribution is 5.76. The molecule has 0 saturated carbocycles. The van der Waals surface area contributed by atoms with Crippen LogP contribution >= 0.6 is 0 Å². The van der Waals surface area contributed by atoms with Gasteiger partial charge in [-0.1, -0.05) is 38.5 Å². The molecule has 116 valence electrons. The summed E-state index contributed by atoms with van der Waals surface area (Å²) in [4.78, 5) is 14.7. The summed E-state index contributed by atoms with van der Waals surface area (Å²) in [5.74, 6) is 0.362. The molecule has 1 atom stereocenters. The third-order valence-electron chi connectivity index (χ3n) is 4.66. The molecule has 0 aliphatic heterocycles. The fraction of sp³-hybridized carbons (Fsp3) is 0.632. The predicted molar refractivity (Wildman–Crippen MR) is 88.5 cm³/mol. The van der Waals surface area contributed by atoms with Crippen molar-refractivity contribution in [2.24, 2.45) is 0 Å². The summed E-state index contributed by atoms with van der Waals surface area (Å²) in [7, 11) is 0. The number of aryl methyl sites for hydroxylation is 2. The van der Waals surface area contributed by atoms with Crippen molar-refractivity contribution in [3.05, 3.63) is 34.9 Å². The van der Waals surface area contributed by atoms with Crippen molar-refractivity contribution in [2.75, 3.05) is 6.54 Å². The summed E-state index contributed by atoms with van der Waals surface area (Å²) in [6.07, 6.45) is 7.15. The van der Waals surface area contributed by atoms with E-state index in [2.05, 4.69) is 43.9 Å². The van der Waals surface area contributed by atoms with Crippen LogP contribution < -0.4 is 0 Å². The molecule has 2 nitrogen and oxygen atoms in total. The molecule has 0 aromatic heterocycles. The Morgan fingerprint density at radius 1 is 1.29 bits per heavy atom. The molecule has 0 fully saturated rings. The molecule has 1 aliphatic rings. The van der Waals surface area contributed by atoms with Gasteiger partial charge in [-0.15, -0.1) is 0 Å². The van der Waals surface area contributed by atoms with Crippen LogP contribution in [0.25, 0.3) is 0 Å². The van der Waals surface area contributed by atoms with Crippen molar-refractivity contribution in [3.63, 3.8) is 0 Å². The average molecular weight is 287 g/mol. The molecule has 0 spiro atoms. The zero-order valence-corrected chi connectivity index (χ0v) is 13.8. The maximum Gasteiger partial charge on any atom is 0.222 e. The van der Waals surface area contributed by atoms with E-state index in [0.29, 0.717) is 18.4 Å². The fourth-order valence-corrected chi connectivity index (χ4v) is 3.44. The van der Waals surface area contributed by atoms with E-state index < -0.39 is 0 Å². The molecular formula is C19H29NO. The number of amides is 1. The number of fused-ring (bicyclic) bond motifs is 1. The van der Waals surface area contributed by atoms with Gasteiger partial charge in [-0.3, -0.25) is 4.79 Å². The SMILES string of the molecule is CCCCC(=O)N(CCC)C1CCc2cccc(C)c2C1. The molecular weight excluding hydrogens is 258 g/mol. The van der Waals surface area contributed by atoms with E-state index in [-0.39, 0.29) is 0 Å². The molecule has 1 aliphatic carbocycles. The maximum atomic E-state index is 12.5. The third-order valence-corrected chi connectivity index (χ3v) is 4.66. The van der Waals surface area contributed by atoms with Crippen molar-refractivity contribution in [3.8, 4) is 0 Å². The second-order valence-electron chi connectivity index (χ2n) is 6.30. The Morgan fingerprint density at radius 2 is 2.10 bits per heavy atom. The second kappa shape index (κ2) is 7.63. The molecule has 1 amide bonds. The van der Waals surface area contributed by atoms with Crippen LogP contribution in [0.3, 0.4) is 0 Å². The van der Waals surface area contributed by atoms with Crippen molar-refractivity contribution in [1.29, 1.82) is 0 Å². The Morgan fingerprint density at radius 3 is 2.81 bits per heavy atom. The molecule has 1 aromatic carbocycles. The summed E-state index contributed by atoms with van der Waals surface area (Å²) in [6, 6.07) is 7.01. The number of unbranched alkanes of at least 4 members (excludes halogenated alkanes) is 1. The van der Waals surface area contributed by atoms with Gasteiger partial charge in [-0.2, -0.15) is 0 Å². The Hall–Kier alpha value is -1.31. The molecule has 0 N–H and O–H groups in total. The van der Waals surface area contributed by atoms with Gasteiger partial charge in [0.15, 0.2) is 0 Å². The van der Waals surface area contributed by atoms with E-state index >= 15 is 0 Å². The number of carbonyl (C=O) groups excluding carboxylic acids is 1. The Labute approximate surface area is 129 Å². The van der Waals surface area contributed by atoms with Crippen molar-refractivity contribution in [1.82, 2.24) is 4.90 Å². The first kappa shape index (κ1) is 16.1. The minimum atomic E-state index is 0.362. The van der Waals surface area contributed by atoms with Crippen molar-refractivity contribution >= 4 is 5.91 Å². The first-order chi connectivity index (χ1) is 10.2. The number of benzene rings is 1. The second-order valence-corrected chi connectivity index (χ2v) is 6.30. The quantitative estimate of drug-likeness (QED) is 0.764. The zero-order chi connectivity index (χ0) is 15.2.